The Hall–Kier alpha value is -0.320. The van der Waals surface area contributed by atoms with Crippen molar-refractivity contribution in [3.8, 4) is 0 Å². The van der Waals surface area contributed by atoms with Crippen molar-refractivity contribution in [2.75, 3.05) is 13.1 Å². The van der Waals surface area contributed by atoms with E-state index in [9.17, 15) is 4.79 Å². The first kappa shape index (κ1) is 16.7. The third-order valence-corrected chi connectivity index (χ3v) is 3.01. The van der Waals surface area contributed by atoms with Crippen LogP contribution in [-0.4, -0.2) is 31.2 Å². The number of nitrogens with one attached hydrogen (secondary N) is 1. The maximum atomic E-state index is 11.6. The Bertz CT molecular complexity index is 207. The van der Waals surface area contributed by atoms with Crippen molar-refractivity contribution in [1.29, 1.82) is 0 Å². The van der Waals surface area contributed by atoms with E-state index in [1.807, 2.05) is 6.92 Å². The SMILES string of the molecule is CC(OC1CCCCCC1)C(=O)NCCN.Cl. The Morgan fingerprint density at radius 1 is 1.35 bits per heavy atom. The van der Waals surface area contributed by atoms with Crippen molar-refractivity contribution in [2.24, 2.45) is 5.73 Å². The summed E-state index contributed by atoms with van der Waals surface area (Å²) in [6.45, 7) is 2.82. The van der Waals surface area contributed by atoms with E-state index >= 15 is 0 Å². The van der Waals surface area contributed by atoms with Crippen LogP contribution < -0.4 is 11.1 Å². The van der Waals surface area contributed by atoms with Crippen molar-refractivity contribution in [3.05, 3.63) is 0 Å². The number of hydrogen-bond donors (Lipinski definition) is 2. The van der Waals surface area contributed by atoms with E-state index in [2.05, 4.69) is 5.32 Å². The lowest BCUT2D eigenvalue weighted by Crippen LogP contribution is -2.39. The monoisotopic (exact) mass is 264 g/mol. The van der Waals surface area contributed by atoms with Crippen molar-refractivity contribution in [1.82, 2.24) is 5.32 Å². The first-order chi connectivity index (χ1) is 7.74. The van der Waals surface area contributed by atoms with Gasteiger partial charge in [-0.05, 0) is 19.8 Å². The zero-order chi connectivity index (χ0) is 11.8. The molecule has 1 aliphatic rings. The van der Waals surface area contributed by atoms with Gasteiger partial charge in [0.15, 0.2) is 0 Å². The van der Waals surface area contributed by atoms with Gasteiger partial charge >= 0.3 is 0 Å². The van der Waals surface area contributed by atoms with E-state index in [1.54, 1.807) is 0 Å². The zero-order valence-electron chi connectivity index (χ0n) is 10.6. The molecule has 1 aliphatic carbocycles. The minimum Gasteiger partial charge on any atom is -0.365 e. The zero-order valence-corrected chi connectivity index (χ0v) is 11.4. The highest BCUT2D eigenvalue weighted by Gasteiger charge is 2.19. The lowest BCUT2D eigenvalue weighted by atomic mass is 10.1. The second-order valence-electron chi connectivity index (χ2n) is 4.47. The molecule has 0 saturated heterocycles. The van der Waals surface area contributed by atoms with Gasteiger partial charge in [-0.25, -0.2) is 0 Å². The number of nitrogens with two attached hydrogens (primary N) is 1. The number of amides is 1. The highest BCUT2D eigenvalue weighted by molar-refractivity contribution is 5.85. The molecule has 3 N–H and O–H groups in total. The number of rotatable bonds is 5. The second-order valence-corrected chi connectivity index (χ2v) is 4.47. The third-order valence-electron chi connectivity index (χ3n) is 3.01. The summed E-state index contributed by atoms with van der Waals surface area (Å²) in [6, 6.07) is 0. The van der Waals surface area contributed by atoms with Gasteiger partial charge in [-0.2, -0.15) is 0 Å². The van der Waals surface area contributed by atoms with Gasteiger partial charge in [-0.15, -0.1) is 12.4 Å². The summed E-state index contributed by atoms with van der Waals surface area (Å²) in [5.41, 5.74) is 5.33. The third kappa shape index (κ3) is 6.86. The average molecular weight is 265 g/mol. The molecule has 0 bridgehead atoms. The largest absolute Gasteiger partial charge is 0.365 e. The van der Waals surface area contributed by atoms with Crippen molar-refractivity contribution in [2.45, 2.75) is 57.7 Å². The highest BCUT2D eigenvalue weighted by atomic mass is 35.5. The number of halogens is 1. The maximum absolute atomic E-state index is 11.6. The molecular weight excluding hydrogens is 240 g/mol. The van der Waals surface area contributed by atoms with Crippen LogP contribution in [0.25, 0.3) is 0 Å². The molecule has 0 aliphatic heterocycles. The Kier molecular flexibility index (Phi) is 9.50. The summed E-state index contributed by atoms with van der Waals surface area (Å²) in [5.74, 6) is -0.0466. The molecule has 1 saturated carbocycles. The molecule has 1 rings (SSSR count). The van der Waals surface area contributed by atoms with E-state index < -0.39 is 0 Å². The Balaban J connectivity index is 0.00000256. The topological polar surface area (TPSA) is 64.3 Å². The quantitative estimate of drug-likeness (QED) is 0.742. The molecule has 1 fully saturated rings. The summed E-state index contributed by atoms with van der Waals surface area (Å²) in [7, 11) is 0. The van der Waals surface area contributed by atoms with Gasteiger partial charge in [-0.3, -0.25) is 4.79 Å². The van der Waals surface area contributed by atoms with Crippen LogP contribution in [-0.2, 0) is 9.53 Å². The average Bonchev–Trinajstić information content (AvgIpc) is 2.54. The fraction of sp³-hybridized carbons (Fsp3) is 0.917. The Labute approximate surface area is 110 Å². The van der Waals surface area contributed by atoms with E-state index in [0.717, 1.165) is 12.8 Å². The molecule has 1 unspecified atom stereocenters. The highest BCUT2D eigenvalue weighted by Crippen LogP contribution is 2.20. The Morgan fingerprint density at radius 3 is 2.47 bits per heavy atom. The molecule has 102 valence electrons. The van der Waals surface area contributed by atoms with Gasteiger partial charge in [0.1, 0.15) is 6.10 Å². The molecular formula is C12H25ClN2O2. The van der Waals surface area contributed by atoms with Gasteiger partial charge in [0.25, 0.3) is 0 Å². The van der Waals surface area contributed by atoms with Crippen LogP contribution in [0.3, 0.4) is 0 Å². The lowest BCUT2D eigenvalue weighted by Gasteiger charge is -2.20. The summed E-state index contributed by atoms with van der Waals surface area (Å²) < 4.78 is 5.78. The fourth-order valence-electron chi connectivity index (χ4n) is 2.07. The van der Waals surface area contributed by atoms with Crippen LogP contribution in [0.15, 0.2) is 0 Å². The standard InChI is InChI=1S/C12H24N2O2.ClH/c1-10(12(15)14-9-8-13)16-11-6-4-2-3-5-7-11;/h10-11H,2-9,13H2,1H3,(H,14,15);1H. The molecule has 1 amide bonds. The molecule has 0 spiro atoms. The van der Waals surface area contributed by atoms with Gasteiger partial charge in [0.2, 0.25) is 5.91 Å². The van der Waals surface area contributed by atoms with Crippen LogP contribution in [0.2, 0.25) is 0 Å². The van der Waals surface area contributed by atoms with E-state index in [4.69, 9.17) is 10.5 Å². The van der Waals surface area contributed by atoms with E-state index in [0.29, 0.717) is 13.1 Å². The number of carbonyl (C=O) groups is 1. The van der Waals surface area contributed by atoms with Crippen molar-refractivity contribution in [3.63, 3.8) is 0 Å². The van der Waals surface area contributed by atoms with Crippen LogP contribution in [0, 0.1) is 0 Å². The van der Waals surface area contributed by atoms with Crippen LogP contribution >= 0.6 is 12.4 Å². The molecule has 0 aromatic heterocycles. The summed E-state index contributed by atoms with van der Waals surface area (Å²) in [6.07, 6.45) is 7.14. The number of carbonyl (C=O) groups excluding carboxylic acids is 1. The van der Waals surface area contributed by atoms with Gasteiger partial charge in [0, 0.05) is 13.1 Å². The molecule has 0 aromatic rings. The lowest BCUT2D eigenvalue weighted by molar-refractivity contribution is -0.135. The Morgan fingerprint density at radius 2 is 1.94 bits per heavy atom. The summed E-state index contributed by atoms with van der Waals surface area (Å²) in [5, 5.41) is 2.75. The number of hydrogen-bond acceptors (Lipinski definition) is 3. The maximum Gasteiger partial charge on any atom is 0.248 e. The smallest absolute Gasteiger partial charge is 0.248 e. The fourth-order valence-corrected chi connectivity index (χ4v) is 2.07. The summed E-state index contributed by atoms with van der Waals surface area (Å²) >= 11 is 0. The van der Waals surface area contributed by atoms with Crippen LogP contribution in [0.1, 0.15) is 45.4 Å². The van der Waals surface area contributed by atoms with Crippen molar-refractivity contribution >= 4 is 18.3 Å². The van der Waals surface area contributed by atoms with E-state index in [1.165, 1.54) is 25.7 Å². The molecule has 0 aromatic carbocycles. The van der Waals surface area contributed by atoms with Gasteiger partial charge in [0.05, 0.1) is 6.10 Å². The van der Waals surface area contributed by atoms with Crippen LogP contribution in [0.4, 0.5) is 0 Å². The summed E-state index contributed by atoms with van der Waals surface area (Å²) in [4.78, 5) is 11.6. The van der Waals surface area contributed by atoms with E-state index in [-0.39, 0.29) is 30.5 Å². The first-order valence-corrected chi connectivity index (χ1v) is 6.37. The van der Waals surface area contributed by atoms with Gasteiger partial charge in [-0.1, -0.05) is 25.7 Å². The normalized spacial score (nSPS) is 18.9. The second kappa shape index (κ2) is 9.68. The van der Waals surface area contributed by atoms with Crippen LogP contribution in [0.5, 0.6) is 0 Å². The number of ether oxygens (including phenoxy) is 1. The predicted octanol–water partition coefficient (Wildman–Crippen LogP) is 1.61. The molecule has 4 nitrogen and oxygen atoms in total. The first-order valence-electron chi connectivity index (χ1n) is 6.37. The minimum atomic E-state index is -0.352. The minimum absolute atomic E-state index is 0. The molecule has 1 atom stereocenters. The van der Waals surface area contributed by atoms with Gasteiger partial charge < -0.3 is 15.8 Å². The molecule has 17 heavy (non-hydrogen) atoms. The molecule has 5 heteroatoms. The molecule has 0 heterocycles. The van der Waals surface area contributed by atoms with Crippen molar-refractivity contribution < 1.29 is 9.53 Å². The molecule has 0 radical (unpaired) electrons. The predicted molar refractivity (Wildman–Crippen MR) is 71.3 cm³/mol.